The highest BCUT2D eigenvalue weighted by molar-refractivity contribution is 7.89. The highest BCUT2D eigenvalue weighted by atomic mass is 32.2. The number of aromatic nitrogens is 2. The van der Waals surface area contributed by atoms with E-state index < -0.39 is 16.6 Å². The van der Waals surface area contributed by atoms with Gasteiger partial charge in [0.1, 0.15) is 10.6 Å². The zero-order valence-electron chi connectivity index (χ0n) is 10.7. The summed E-state index contributed by atoms with van der Waals surface area (Å²) in [5.41, 5.74) is 0.585. The Hall–Kier alpha value is -1.18. The second-order valence-electron chi connectivity index (χ2n) is 3.93. The molecule has 0 atom stereocenters. The summed E-state index contributed by atoms with van der Waals surface area (Å²) in [5, 5.41) is 15.5. The maximum absolute atomic E-state index is 12.5. The lowest BCUT2D eigenvalue weighted by Crippen LogP contribution is -2.32. The molecule has 0 aliphatic heterocycles. The Morgan fingerprint density at radius 2 is 2.22 bits per heavy atom. The summed E-state index contributed by atoms with van der Waals surface area (Å²) in [7, 11) is -3.65. The van der Waals surface area contributed by atoms with Gasteiger partial charge >= 0.3 is 0 Å². The van der Waals surface area contributed by atoms with Crippen LogP contribution in [-0.4, -0.2) is 41.1 Å². The molecule has 102 valence electrons. The van der Waals surface area contributed by atoms with Crippen molar-refractivity contribution in [2.75, 3.05) is 13.1 Å². The van der Waals surface area contributed by atoms with Crippen molar-refractivity contribution in [2.45, 2.75) is 31.8 Å². The molecule has 0 spiro atoms. The van der Waals surface area contributed by atoms with Crippen molar-refractivity contribution in [3.63, 3.8) is 0 Å². The maximum Gasteiger partial charge on any atom is 0.247 e. The van der Waals surface area contributed by atoms with Crippen LogP contribution in [0.2, 0.25) is 0 Å². The van der Waals surface area contributed by atoms with E-state index in [1.165, 1.54) is 4.31 Å². The van der Waals surface area contributed by atoms with Crippen LogP contribution in [0.1, 0.15) is 24.7 Å². The summed E-state index contributed by atoms with van der Waals surface area (Å²) in [6, 6.07) is 0. The Labute approximate surface area is 107 Å². The van der Waals surface area contributed by atoms with Gasteiger partial charge in [0.15, 0.2) is 0 Å². The van der Waals surface area contributed by atoms with Gasteiger partial charge in [-0.1, -0.05) is 13.0 Å². The van der Waals surface area contributed by atoms with E-state index in [4.69, 9.17) is 5.11 Å². The number of nitrogens with zero attached hydrogens (tertiary/aromatic N) is 2. The molecule has 0 aliphatic carbocycles. The van der Waals surface area contributed by atoms with Gasteiger partial charge in [-0.25, -0.2) is 8.42 Å². The summed E-state index contributed by atoms with van der Waals surface area (Å²) in [5.74, 6) is 0. The smallest absolute Gasteiger partial charge is 0.247 e. The minimum Gasteiger partial charge on any atom is -0.390 e. The van der Waals surface area contributed by atoms with Gasteiger partial charge in [-0.15, -0.1) is 6.58 Å². The third-order valence-electron chi connectivity index (χ3n) is 2.51. The normalized spacial score (nSPS) is 12.0. The highest BCUT2D eigenvalue weighted by Gasteiger charge is 2.29. The van der Waals surface area contributed by atoms with Crippen molar-refractivity contribution in [2.24, 2.45) is 0 Å². The van der Waals surface area contributed by atoms with Crippen LogP contribution in [0, 0.1) is 6.92 Å². The van der Waals surface area contributed by atoms with Gasteiger partial charge in [-0.05, 0) is 13.3 Å². The largest absolute Gasteiger partial charge is 0.390 e. The first kappa shape index (κ1) is 14.9. The second kappa shape index (κ2) is 6.12. The van der Waals surface area contributed by atoms with Crippen LogP contribution in [0.3, 0.4) is 0 Å². The SMILES string of the molecule is C=CCN(CCC)S(=O)(=O)c1c(CO)n[nH]c1C. The van der Waals surface area contributed by atoms with Gasteiger partial charge in [0.05, 0.1) is 12.3 Å². The van der Waals surface area contributed by atoms with E-state index in [1.54, 1.807) is 13.0 Å². The van der Waals surface area contributed by atoms with Gasteiger partial charge < -0.3 is 5.11 Å². The summed E-state index contributed by atoms with van der Waals surface area (Å²) in [4.78, 5) is 0.0697. The van der Waals surface area contributed by atoms with E-state index >= 15 is 0 Å². The summed E-state index contributed by atoms with van der Waals surface area (Å²) >= 11 is 0. The first-order valence-electron chi connectivity index (χ1n) is 5.74. The predicted octanol–water partition coefficient (Wildman–Crippen LogP) is 0.797. The average Bonchev–Trinajstić information content (AvgIpc) is 2.70. The third-order valence-corrected chi connectivity index (χ3v) is 4.58. The van der Waals surface area contributed by atoms with E-state index in [2.05, 4.69) is 16.8 Å². The molecule has 1 aromatic rings. The van der Waals surface area contributed by atoms with Crippen molar-refractivity contribution in [3.8, 4) is 0 Å². The maximum atomic E-state index is 12.5. The molecule has 0 bridgehead atoms. The molecule has 0 fully saturated rings. The molecule has 0 saturated heterocycles. The molecule has 1 heterocycles. The Balaban J connectivity index is 3.25. The Kier molecular flexibility index (Phi) is 5.06. The van der Waals surface area contributed by atoms with Crippen LogP contribution >= 0.6 is 0 Å². The number of sulfonamides is 1. The molecule has 7 heteroatoms. The number of hydrogen-bond acceptors (Lipinski definition) is 4. The van der Waals surface area contributed by atoms with Crippen LogP contribution < -0.4 is 0 Å². The Morgan fingerprint density at radius 1 is 1.56 bits per heavy atom. The van der Waals surface area contributed by atoms with Crippen molar-refractivity contribution >= 4 is 10.0 Å². The number of nitrogens with one attached hydrogen (secondary N) is 1. The molecule has 0 saturated carbocycles. The van der Waals surface area contributed by atoms with Gasteiger partial charge in [0.25, 0.3) is 0 Å². The number of aliphatic hydroxyl groups excluding tert-OH is 1. The van der Waals surface area contributed by atoms with Crippen LogP contribution in [0.4, 0.5) is 0 Å². The number of hydrogen-bond donors (Lipinski definition) is 2. The van der Waals surface area contributed by atoms with Crippen molar-refractivity contribution in [1.29, 1.82) is 0 Å². The van der Waals surface area contributed by atoms with E-state index in [0.29, 0.717) is 18.7 Å². The molecule has 6 nitrogen and oxygen atoms in total. The first-order valence-corrected chi connectivity index (χ1v) is 7.18. The van der Waals surface area contributed by atoms with E-state index in [9.17, 15) is 8.42 Å². The van der Waals surface area contributed by atoms with Crippen LogP contribution in [0.5, 0.6) is 0 Å². The predicted molar refractivity (Wildman–Crippen MR) is 68.5 cm³/mol. The highest BCUT2D eigenvalue weighted by Crippen LogP contribution is 2.22. The summed E-state index contributed by atoms with van der Waals surface area (Å²) in [6.07, 6.45) is 2.25. The van der Waals surface area contributed by atoms with Crippen LogP contribution in [0.25, 0.3) is 0 Å². The summed E-state index contributed by atoms with van der Waals surface area (Å²) < 4.78 is 26.3. The molecule has 0 radical (unpaired) electrons. The number of H-pyrrole nitrogens is 1. The lowest BCUT2D eigenvalue weighted by Gasteiger charge is -2.20. The van der Waals surface area contributed by atoms with Gasteiger partial charge in [0, 0.05) is 13.1 Å². The molecule has 18 heavy (non-hydrogen) atoms. The average molecular weight is 273 g/mol. The fourth-order valence-electron chi connectivity index (χ4n) is 1.75. The Morgan fingerprint density at radius 3 is 2.72 bits per heavy atom. The topological polar surface area (TPSA) is 86.3 Å². The van der Waals surface area contributed by atoms with Crippen molar-refractivity contribution in [1.82, 2.24) is 14.5 Å². The molecular weight excluding hydrogens is 254 g/mol. The van der Waals surface area contributed by atoms with E-state index in [0.717, 1.165) is 0 Å². The number of aliphatic hydroxyl groups is 1. The molecule has 0 aromatic carbocycles. The van der Waals surface area contributed by atoms with Crippen molar-refractivity contribution in [3.05, 3.63) is 24.0 Å². The Bertz CT molecular complexity index is 508. The molecular formula is C11H19N3O3S. The van der Waals surface area contributed by atoms with E-state index in [1.807, 2.05) is 6.92 Å². The number of rotatable bonds is 7. The minimum absolute atomic E-state index is 0.0697. The fourth-order valence-corrected chi connectivity index (χ4v) is 3.57. The summed E-state index contributed by atoms with van der Waals surface area (Å²) in [6.45, 7) is 7.33. The number of aromatic amines is 1. The molecule has 2 N–H and O–H groups in total. The van der Waals surface area contributed by atoms with E-state index in [-0.39, 0.29) is 17.1 Å². The van der Waals surface area contributed by atoms with Crippen molar-refractivity contribution < 1.29 is 13.5 Å². The van der Waals surface area contributed by atoms with Gasteiger partial charge in [-0.2, -0.15) is 9.40 Å². The standard InChI is InChI=1S/C11H19N3O3S/c1-4-6-14(7-5-2)18(16,17)11-9(3)12-13-10(11)8-15/h4,15H,1,5-8H2,2-3H3,(H,12,13). The molecule has 0 aliphatic rings. The van der Waals surface area contributed by atoms with Crippen LogP contribution in [-0.2, 0) is 16.6 Å². The number of aryl methyl sites for hydroxylation is 1. The zero-order chi connectivity index (χ0) is 13.8. The molecule has 0 unspecified atom stereocenters. The zero-order valence-corrected chi connectivity index (χ0v) is 11.5. The molecule has 1 aromatic heterocycles. The lowest BCUT2D eigenvalue weighted by atomic mass is 10.4. The van der Waals surface area contributed by atoms with Gasteiger partial charge in [-0.3, -0.25) is 5.10 Å². The second-order valence-corrected chi connectivity index (χ2v) is 5.81. The quantitative estimate of drug-likeness (QED) is 0.719. The molecule has 0 amide bonds. The van der Waals surface area contributed by atoms with Crippen LogP contribution in [0.15, 0.2) is 17.6 Å². The first-order chi connectivity index (χ1) is 8.48. The third kappa shape index (κ3) is 2.80. The molecule has 1 rings (SSSR count). The lowest BCUT2D eigenvalue weighted by molar-refractivity contribution is 0.273. The monoisotopic (exact) mass is 273 g/mol. The minimum atomic E-state index is -3.65. The fraction of sp³-hybridized carbons (Fsp3) is 0.545. The van der Waals surface area contributed by atoms with Gasteiger partial charge in [0.2, 0.25) is 10.0 Å².